The summed E-state index contributed by atoms with van der Waals surface area (Å²) in [7, 11) is 3.12. The van der Waals surface area contributed by atoms with Gasteiger partial charge >= 0.3 is 5.97 Å². The summed E-state index contributed by atoms with van der Waals surface area (Å²) in [5.41, 5.74) is 1.80. The number of carboxylic acid groups (broad SMARTS) is 1. The highest BCUT2D eigenvalue weighted by atomic mass is 16.5. The van der Waals surface area contributed by atoms with Gasteiger partial charge in [-0.2, -0.15) is 0 Å². The topological polar surface area (TPSA) is 111 Å². The van der Waals surface area contributed by atoms with Gasteiger partial charge < -0.3 is 15.2 Å². The standard InChI is InChI=1S/C20H19N3O5/c1-11-14-8-9-15(12-4-6-13(28-3)7-5-12)22-18(14)23(2)20(27)17(11)19(26)21-10-16(24)25/h4-9H,10H2,1-3H3,(H,21,26)(H,24,25). The molecule has 144 valence electrons. The maximum atomic E-state index is 12.7. The summed E-state index contributed by atoms with van der Waals surface area (Å²) in [6, 6.07) is 11.0. The fourth-order valence-corrected chi connectivity index (χ4v) is 2.99. The van der Waals surface area contributed by atoms with Crippen LogP contribution in [0.2, 0.25) is 0 Å². The van der Waals surface area contributed by atoms with E-state index in [1.165, 1.54) is 11.6 Å². The fraction of sp³-hybridized carbons (Fsp3) is 0.200. The number of rotatable bonds is 5. The van der Waals surface area contributed by atoms with Gasteiger partial charge in [-0.15, -0.1) is 0 Å². The van der Waals surface area contributed by atoms with E-state index in [2.05, 4.69) is 10.3 Å². The van der Waals surface area contributed by atoms with Crippen molar-refractivity contribution in [1.29, 1.82) is 0 Å². The fourth-order valence-electron chi connectivity index (χ4n) is 2.99. The lowest BCUT2D eigenvalue weighted by Crippen LogP contribution is -2.36. The van der Waals surface area contributed by atoms with Gasteiger partial charge in [0, 0.05) is 18.0 Å². The summed E-state index contributed by atoms with van der Waals surface area (Å²) < 4.78 is 6.45. The summed E-state index contributed by atoms with van der Waals surface area (Å²) >= 11 is 0. The van der Waals surface area contributed by atoms with Gasteiger partial charge in [-0.25, -0.2) is 4.98 Å². The van der Waals surface area contributed by atoms with E-state index in [9.17, 15) is 14.4 Å². The molecule has 0 fully saturated rings. The van der Waals surface area contributed by atoms with Crippen LogP contribution in [-0.2, 0) is 11.8 Å². The van der Waals surface area contributed by atoms with Crippen molar-refractivity contribution in [2.75, 3.05) is 13.7 Å². The second-order valence-corrected chi connectivity index (χ2v) is 6.24. The maximum Gasteiger partial charge on any atom is 0.322 e. The smallest absolute Gasteiger partial charge is 0.322 e. The van der Waals surface area contributed by atoms with Crippen LogP contribution in [0.25, 0.3) is 22.3 Å². The van der Waals surface area contributed by atoms with Crippen molar-refractivity contribution in [3.63, 3.8) is 0 Å². The molecule has 0 saturated carbocycles. The molecule has 0 unspecified atom stereocenters. The summed E-state index contributed by atoms with van der Waals surface area (Å²) in [4.78, 5) is 40.3. The van der Waals surface area contributed by atoms with Crippen molar-refractivity contribution in [1.82, 2.24) is 14.9 Å². The molecule has 0 bridgehead atoms. The van der Waals surface area contributed by atoms with Crippen LogP contribution >= 0.6 is 0 Å². The number of aromatic nitrogens is 2. The van der Waals surface area contributed by atoms with Gasteiger partial charge in [-0.3, -0.25) is 19.0 Å². The molecule has 1 aromatic carbocycles. The Balaban J connectivity index is 2.11. The molecule has 2 aromatic heterocycles. The van der Waals surface area contributed by atoms with Crippen molar-refractivity contribution in [3.8, 4) is 17.0 Å². The Morgan fingerprint density at radius 2 is 1.86 bits per heavy atom. The number of carboxylic acids is 1. The minimum absolute atomic E-state index is 0.0877. The Morgan fingerprint density at radius 1 is 1.18 bits per heavy atom. The third-order valence-corrected chi connectivity index (χ3v) is 4.50. The SMILES string of the molecule is COc1ccc(-c2ccc3c(C)c(C(=O)NCC(=O)O)c(=O)n(C)c3n2)cc1. The van der Waals surface area contributed by atoms with Crippen LogP contribution in [0, 0.1) is 6.92 Å². The molecule has 3 rings (SSSR count). The highest BCUT2D eigenvalue weighted by Gasteiger charge is 2.20. The van der Waals surface area contributed by atoms with Crippen LogP contribution in [0.5, 0.6) is 5.75 Å². The minimum Gasteiger partial charge on any atom is -0.497 e. The van der Waals surface area contributed by atoms with Crippen molar-refractivity contribution in [2.45, 2.75) is 6.92 Å². The number of ether oxygens (including phenoxy) is 1. The highest BCUT2D eigenvalue weighted by molar-refractivity contribution is 6.00. The predicted molar refractivity (Wildman–Crippen MR) is 104 cm³/mol. The van der Waals surface area contributed by atoms with Crippen LogP contribution in [0.1, 0.15) is 15.9 Å². The van der Waals surface area contributed by atoms with E-state index in [1.54, 1.807) is 26.2 Å². The van der Waals surface area contributed by atoms with Crippen LogP contribution < -0.4 is 15.6 Å². The zero-order valence-electron chi connectivity index (χ0n) is 15.6. The number of carbonyl (C=O) groups excluding carboxylic acids is 1. The number of aryl methyl sites for hydroxylation is 2. The molecule has 0 atom stereocenters. The summed E-state index contributed by atoms with van der Waals surface area (Å²) in [5, 5.41) is 11.6. The number of nitrogens with zero attached hydrogens (tertiary/aromatic N) is 2. The molecule has 2 heterocycles. The lowest BCUT2D eigenvalue weighted by Gasteiger charge is -2.13. The number of hydrogen-bond acceptors (Lipinski definition) is 5. The van der Waals surface area contributed by atoms with Crippen molar-refractivity contribution < 1.29 is 19.4 Å². The van der Waals surface area contributed by atoms with Gasteiger partial charge in [0.2, 0.25) is 0 Å². The first-order valence-electron chi connectivity index (χ1n) is 8.48. The first-order valence-corrected chi connectivity index (χ1v) is 8.48. The summed E-state index contributed by atoms with van der Waals surface area (Å²) in [6.07, 6.45) is 0. The zero-order chi connectivity index (χ0) is 20.4. The van der Waals surface area contributed by atoms with E-state index in [0.717, 1.165) is 11.3 Å². The number of aliphatic carboxylic acids is 1. The van der Waals surface area contributed by atoms with Gasteiger partial charge in [0.25, 0.3) is 11.5 Å². The normalized spacial score (nSPS) is 10.7. The van der Waals surface area contributed by atoms with E-state index >= 15 is 0 Å². The minimum atomic E-state index is -1.19. The number of amides is 1. The molecular formula is C20H19N3O5. The Kier molecular flexibility index (Phi) is 5.12. The second kappa shape index (κ2) is 7.51. The van der Waals surface area contributed by atoms with Gasteiger partial charge in [-0.05, 0) is 48.9 Å². The molecular weight excluding hydrogens is 362 g/mol. The molecule has 0 spiro atoms. The van der Waals surface area contributed by atoms with Gasteiger partial charge in [0.15, 0.2) is 0 Å². The number of benzene rings is 1. The van der Waals surface area contributed by atoms with E-state index in [4.69, 9.17) is 9.84 Å². The number of pyridine rings is 2. The number of carbonyl (C=O) groups is 2. The molecule has 0 aliphatic rings. The monoisotopic (exact) mass is 381 g/mol. The zero-order valence-corrected chi connectivity index (χ0v) is 15.6. The van der Waals surface area contributed by atoms with E-state index in [1.807, 2.05) is 24.3 Å². The number of fused-ring (bicyclic) bond motifs is 1. The highest BCUT2D eigenvalue weighted by Crippen LogP contribution is 2.25. The van der Waals surface area contributed by atoms with E-state index in [-0.39, 0.29) is 5.56 Å². The van der Waals surface area contributed by atoms with Crippen molar-refractivity contribution in [2.24, 2.45) is 7.05 Å². The first kappa shape index (κ1) is 19.1. The van der Waals surface area contributed by atoms with Crippen LogP contribution in [-0.4, -0.2) is 40.2 Å². The average molecular weight is 381 g/mol. The average Bonchev–Trinajstić information content (AvgIpc) is 2.70. The quantitative estimate of drug-likeness (QED) is 0.696. The summed E-state index contributed by atoms with van der Waals surface area (Å²) in [6.45, 7) is 1.09. The van der Waals surface area contributed by atoms with E-state index < -0.39 is 24.0 Å². The van der Waals surface area contributed by atoms with Gasteiger partial charge in [0.05, 0.1) is 12.8 Å². The number of hydrogen-bond donors (Lipinski definition) is 2. The molecule has 2 N–H and O–H groups in total. The van der Waals surface area contributed by atoms with Crippen LogP contribution in [0.4, 0.5) is 0 Å². The second-order valence-electron chi connectivity index (χ2n) is 6.24. The third-order valence-electron chi connectivity index (χ3n) is 4.50. The molecule has 0 aliphatic heterocycles. The Hall–Kier alpha value is -3.68. The Bertz CT molecular complexity index is 1130. The third kappa shape index (κ3) is 3.44. The Morgan fingerprint density at radius 3 is 2.46 bits per heavy atom. The van der Waals surface area contributed by atoms with Gasteiger partial charge in [-0.1, -0.05) is 0 Å². The predicted octanol–water partition coefficient (Wildman–Crippen LogP) is 1.73. The molecule has 0 radical (unpaired) electrons. The molecule has 8 nitrogen and oxygen atoms in total. The molecule has 0 aliphatic carbocycles. The van der Waals surface area contributed by atoms with E-state index in [0.29, 0.717) is 22.3 Å². The maximum absolute atomic E-state index is 12.7. The van der Waals surface area contributed by atoms with Gasteiger partial charge in [0.1, 0.15) is 23.5 Å². The largest absolute Gasteiger partial charge is 0.497 e. The lowest BCUT2D eigenvalue weighted by molar-refractivity contribution is -0.135. The molecule has 8 heteroatoms. The molecule has 0 saturated heterocycles. The number of methoxy groups -OCH3 is 1. The number of nitrogens with one attached hydrogen (secondary N) is 1. The molecule has 1 amide bonds. The van der Waals surface area contributed by atoms with Crippen LogP contribution in [0.3, 0.4) is 0 Å². The van der Waals surface area contributed by atoms with Crippen molar-refractivity contribution in [3.05, 3.63) is 57.9 Å². The van der Waals surface area contributed by atoms with Crippen LogP contribution in [0.15, 0.2) is 41.2 Å². The molecule has 3 aromatic rings. The van der Waals surface area contributed by atoms with Crippen molar-refractivity contribution >= 4 is 22.9 Å². The Labute approximate surface area is 160 Å². The first-order chi connectivity index (χ1) is 13.3. The molecule has 28 heavy (non-hydrogen) atoms. The lowest BCUT2D eigenvalue weighted by atomic mass is 10.0. The summed E-state index contributed by atoms with van der Waals surface area (Å²) in [5.74, 6) is -1.18.